The fourth-order valence-electron chi connectivity index (χ4n) is 0.944. The van der Waals surface area contributed by atoms with Gasteiger partial charge in [0.05, 0.1) is 12.3 Å². The van der Waals surface area contributed by atoms with Crippen LogP contribution in [0.15, 0.2) is 35.4 Å². The van der Waals surface area contributed by atoms with Gasteiger partial charge in [0.1, 0.15) is 0 Å². The minimum atomic E-state index is -0.167. The van der Waals surface area contributed by atoms with E-state index in [4.69, 9.17) is 10.8 Å². The fraction of sp³-hybridized carbons (Fsp3) is 0.111. The van der Waals surface area contributed by atoms with Gasteiger partial charge in [-0.25, -0.2) is 0 Å². The average molecular weight is 209 g/mol. The number of benzene rings is 1. The molecule has 1 aromatic rings. The lowest BCUT2D eigenvalue weighted by molar-refractivity contribution is 0.357. The van der Waals surface area contributed by atoms with E-state index < -0.39 is 0 Å². The Morgan fingerprint density at radius 1 is 1.43 bits per heavy atom. The van der Waals surface area contributed by atoms with Gasteiger partial charge in [0.15, 0.2) is 5.11 Å². The van der Waals surface area contributed by atoms with Gasteiger partial charge < -0.3 is 10.8 Å². The third kappa shape index (κ3) is 3.12. The molecule has 0 saturated carbocycles. The molecule has 0 saturated heterocycles. The molecule has 1 rings (SSSR count). The Bertz CT molecular complexity index is 337. The highest BCUT2D eigenvalue weighted by Crippen LogP contribution is 1.99. The Labute approximate surface area is 87.4 Å². The van der Waals surface area contributed by atoms with Gasteiger partial charge in [0.25, 0.3) is 0 Å². The Balaban J connectivity index is 2.82. The first-order valence-corrected chi connectivity index (χ1v) is 4.43. The second-order valence-electron chi connectivity index (χ2n) is 2.56. The maximum Gasteiger partial charge on any atom is 0.184 e. The van der Waals surface area contributed by atoms with Crippen molar-refractivity contribution in [1.82, 2.24) is 5.43 Å². The van der Waals surface area contributed by atoms with Crippen LogP contribution in [0.4, 0.5) is 0 Å². The number of nitrogens with two attached hydrogens (primary N) is 1. The smallest absolute Gasteiger partial charge is 0.184 e. The molecule has 0 aromatic heterocycles. The van der Waals surface area contributed by atoms with Gasteiger partial charge >= 0.3 is 0 Å². The summed E-state index contributed by atoms with van der Waals surface area (Å²) in [5.41, 5.74) is 8.97. The Morgan fingerprint density at radius 2 is 2.07 bits per heavy atom. The van der Waals surface area contributed by atoms with Crippen LogP contribution >= 0.6 is 12.2 Å². The molecule has 0 heterocycles. The number of hydrazone groups is 1. The lowest BCUT2D eigenvalue weighted by atomic mass is 10.1. The van der Waals surface area contributed by atoms with Crippen molar-refractivity contribution in [3.8, 4) is 0 Å². The summed E-state index contributed by atoms with van der Waals surface area (Å²) in [5, 5.41) is 13.0. The number of rotatable bonds is 3. The summed E-state index contributed by atoms with van der Waals surface area (Å²) in [7, 11) is 0. The predicted octanol–water partition coefficient (Wildman–Crippen LogP) is 0.216. The highest BCUT2D eigenvalue weighted by Gasteiger charge is 2.00. The van der Waals surface area contributed by atoms with Gasteiger partial charge in [-0.2, -0.15) is 5.10 Å². The molecule has 14 heavy (non-hydrogen) atoms. The van der Waals surface area contributed by atoms with Gasteiger partial charge in [0, 0.05) is 5.56 Å². The molecule has 0 unspecified atom stereocenters. The first-order valence-electron chi connectivity index (χ1n) is 4.02. The average Bonchev–Trinajstić information content (AvgIpc) is 2.20. The molecule has 0 bridgehead atoms. The van der Waals surface area contributed by atoms with Crippen molar-refractivity contribution in [2.24, 2.45) is 10.8 Å². The van der Waals surface area contributed by atoms with E-state index in [2.05, 4.69) is 22.7 Å². The molecule has 0 atom stereocenters. The van der Waals surface area contributed by atoms with Gasteiger partial charge in [-0.1, -0.05) is 30.3 Å². The lowest BCUT2D eigenvalue weighted by Gasteiger charge is -2.03. The monoisotopic (exact) mass is 209 g/mol. The molecule has 5 heteroatoms. The van der Waals surface area contributed by atoms with E-state index >= 15 is 0 Å². The highest BCUT2D eigenvalue weighted by molar-refractivity contribution is 7.80. The van der Waals surface area contributed by atoms with Crippen molar-refractivity contribution in [2.75, 3.05) is 6.61 Å². The molecule has 0 amide bonds. The minimum Gasteiger partial charge on any atom is -0.390 e. The SMILES string of the molecule is NC(=S)N/N=C(/CO)c1ccccc1. The first-order chi connectivity index (χ1) is 6.74. The summed E-state index contributed by atoms with van der Waals surface area (Å²) in [5.74, 6) is 0. The van der Waals surface area contributed by atoms with Crippen molar-refractivity contribution in [1.29, 1.82) is 0 Å². The van der Waals surface area contributed by atoms with Gasteiger partial charge in [-0.3, -0.25) is 5.43 Å². The zero-order chi connectivity index (χ0) is 10.4. The maximum absolute atomic E-state index is 9.04. The van der Waals surface area contributed by atoms with E-state index in [-0.39, 0.29) is 11.7 Å². The van der Waals surface area contributed by atoms with E-state index in [0.29, 0.717) is 5.71 Å². The number of thiocarbonyl (C=S) groups is 1. The van der Waals surface area contributed by atoms with Gasteiger partial charge in [-0.15, -0.1) is 0 Å². The molecule has 0 radical (unpaired) electrons. The molecule has 0 aliphatic heterocycles. The Morgan fingerprint density at radius 3 is 2.57 bits per heavy atom. The van der Waals surface area contributed by atoms with Crippen LogP contribution in [0.1, 0.15) is 5.56 Å². The lowest BCUT2D eigenvalue weighted by Crippen LogP contribution is -2.26. The van der Waals surface area contributed by atoms with E-state index in [9.17, 15) is 0 Å². The van der Waals surface area contributed by atoms with Crippen LogP contribution in [0, 0.1) is 0 Å². The van der Waals surface area contributed by atoms with Crippen LogP contribution < -0.4 is 11.2 Å². The molecular formula is C9H11N3OS. The quantitative estimate of drug-likeness (QED) is 0.378. The first kappa shape index (κ1) is 10.6. The number of nitrogens with zero attached hydrogens (tertiary/aromatic N) is 1. The molecule has 4 N–H and O–H groups in total. The Kier molecular flexibility index (Phi) is 4.03. The van der Waals surface area contributed by atoms with Crippen molar-refractivity contribution in [3.63, 3.8) is 0 Å². The summed E-state index contributed by atoms with van der Waals surface area (Å²) in [6.45, 7) is -0.167. The van der Waals surface area contributed by atoms with Crippen LogP contribution in [-0.2, 0) is 0 Å². The van der Waals surface area contributed by atoms with E-state index in [1.165, 1.54) is 0 Å². The summed E-state index contributed by atoms with van der Waals surface area (Å²) in [6.07, 6.45) is 0. The summed E-state index contributed by atoms with van der Waals surface area (Å²) in [4.78, 5) is 0. The van der Waals surface area contributed by atoms with Crippen molar-refractivity contribution in [3.05, 3.63) is 35.9 Å². The van der Waals surface area contributed by atoms with Crippen LogP contribution in [0.25, 0.3) is 0 Å². The normalized spacial score (nSPS) is 11.1. The summed E-state index contributed by atoms with van der Waals surface area (Å²) < 4.78 is 0. The van der Waals surface area contributed by atoms with Crippen LogP contribution in [0.2, 0.25) is 0 Å². The molecule has 0 fully saturated rings. The molecule has 1 aromatic carbocycles. The molecule has 74 valence electrons. The van der Waals surface area contributed by atoms with Crippen LogP contribution in [0.5, 0.6) is 0 Å². The molecule has 0 aliphatic rings. The van der Waals surface area contributed by atoms with Crippen LogP contribution in [0.3, 0.4) is 0 Å². The summed E-state index contributed by atoms with van der Waals surface area (Å²) >= 11 is 4.59. The molecule has 4 nitrogen and oxygen atoms in total. The molecular weight excluding hydrogens is 198 g/mol. The molecule has 0 spiro atoms. The topological polar surface area (TPSA) is 70.6 Å². The zero-order valence-corrected chi connectivity index (χ0v) is 8.29. The minimum absolute atomic E-state index is 0.0758. The fourth-order valence-corrected chi connectivity index (χ4v) is 0.990. The number of hydrogen-bond acceptors (Lipinski definition) is 3. The van der Waals surface area contributed by atoms with Crippen molar-refractivity contribution >= 4 is 23.0 Å². The number of aliphatic hydroxyl groups excluding tert-OH is 1. The highest BCUT2D eigenvalue weighted by atomic mass is 32.1. The zero-order valence-electron chi connectivity index (χ0n) is 7.47. The maximum atomic E-state index is 9.04. The molecule has 0 aliphatic carbocycles. The van der Waals surface area contributed by atoms with E-state index in [0.717, 1.165) is 5.56 Å². The standard InChI is InChI=1S/C9H11N3OS/c10-9(14)12-11-8(6-13)7-4-2-1-3-5-7/h1-5,13H,6H2,(H3,10,12,14)/b11-8-. The van der Waals surface area contributed by atoms with Crippen molar-refractivity contribution < 1.29 is 5.11 Å². The summed E-state index contributed by atoms with van der Waals surface area (Å²) in [6, 6.07) is 9.30. The second-order valence-corrected chi connectivity index (χ2v) is 3.00. The second kappa shape index (κ2) is 5.31. The predicted molar refractivity (Wildman–Crippen MR) is 60.0 cm³/mol. The third-order valence-corrected chi connectivity index (χ3v) is 1.65. The number of hydrogen-bond donors (Lipinski definition) is 3. The number of nitrogens with one attached hydrogen (secondary N) is 1. The van der Waals surface area contributed by atoms with E-state index in [1.54, 1.807) is 0 Å². The van der Waals surface area contributed by atoms with E-state index in [1.807, 2.05) is 30.3 Å². The number of aliphatic hydroxyl groups is 1. The van der Waals surface area contributed by atoms with Crippen LogP contribution in [-0.4, -0.2) is 22.5 Å². The Hall–Kier alpha value is -1.46. The largest absolute Gasteiger partial charge is 0.390 e. The third-order valence-electron chi connectivity index (χ3n) is 1.56. The van der Waals surface area contributed by atoms with Crippen molar-refractivity contribution in [2.45, 2.75) is 0 Å². The van der Waals surface area contributed by atoms with Gasteiger partial charge in [0.2, 0.25) is 0 Å². The van der Waals surface area contributed by atoms with Gasteiger partial charge in [-0.05, 0) is 12.2 Å².